The van der Waals surface area contributed by atoms with Crippen LogP contribution in [0.25, 0.3) is 55.4 Å². The van der Waals surface area contributed by atoms with Crippen LogP contribution in [0.5, 0.6) is 0 Å². The summed E-state index contributed by atoms with van der Waals surface area (Å²) in [5.74, 6) is -2.10. The van der Waals surface area contributed by atoms with Gasteiger partial charge in [-0.15, -0.1) is 0 Å². The standard InChI is InChI=1S/C32H18Cl2N2O4.K/c33-21-9-11-27-23(13-21)25(31(37)38)15-29(35-27)19-5-1-17(2-6-19)18-3-7-20(8-4-18)30-16-26(32(39)40)24-14-22(34)10-12-28(24)36-30;/h1-16H,(H,37,38)(H,39,40);/q;+1. The molecule has 194 valence electrons. The van der Waals surface area contributed by atoms with E-state index in [1.54, 1.807) is 48.5 Å². The van der Waals surface area contributed by atoms with Gasteiger partial charge < -0.3 is 10.2 Å². The van der Waals surface area contributed by atoms with Gasteiger partial charge >= 0.3 is 63.3 Å². The third-order valence-corrected chi connectivity index (χ3v) is 7.17. The van der Waals surface area contributed by atoms with E-state index in [0.717, 1.165) is 22.3 Å². The fourth-order valence-electron chi connectivity index (χ4n) is 4.71. The van der Waals surface area contributed by atoms with Gasteiger partial charge in [0.15, 0.2) is 0 Å². The summed E-state index contributed by atoms with van der Waals surface area (Å²) in [4.78, 5) is 33.1. The molecule has 6 aromatic rings. The maximum absolute atomic E-state index is 11.9. The Morgan fingerprint density at radius 2 is 0.854 bits per heavy atom. The smallest absolute Gasteiger partial charge is 0.478 e. The van der Waals surface area contributed by atoms with Gasteiger partial charge in [0, 0.05) is 31.9 Å². The average molecular weight is 605 g/mol. The fourth-order valence-corrected chi connectivity index (χ4v) is 5.06. The molecule has 2 heterocycles. The third-order valence-electron chi connectivity index (χ3n) is 6.70. The minimum absolute atomic E-state index is 0. The zero-order chi connectivity index (χ0) is 28.0. The van der Waals surface area contributed by atoms with Gasteiger partial charge in [-0.25, -0.2) is 19.6 Å². The van der Waals surface area contributed by atoms with E-state index in [1.165, 1.54) is 0 Å². The van der Waals surface area contributed by atoms with Crippen molar-refractivity contribution in [3.8, 4) is 33.6 Å². The first-order valence-electron chi connectivity index (χ1n) is 12.2. The Labute approximate surface area is 287 Å². The molecule has 0 radical (unpaired) electrons. The number of pyridine rings is 2. The molecule has 2 N–H and O–H groups in total. The van der Waals surface area contributed by atoms with Crippen molar-refractivity contribution >= 4 is 56.9 Å². The predicted octanol–water partition coefficient (Wildman–Crippen LogP) is 5.49. The van der Waals surface area contributed by atoms with Crippen LogP contribution in [0.2, 0.25) is 10.0 Å². The molecule has 0 bridgehead atoms. The number of hydrogen-bond donors (Lipinski definition) is 2. The van der Waals surface area contributed by atoms with Gasteiger partial charge in [0.25, 0.3) is 0 Å². The van der Waals surface area contributed by atoms with E-state index >= 15 is 0 Å². The normalized spacial score (nSPS) is 10.9. The maximum Gasteiger partial charge on any atom is 1.00 e. The minimum atomic E-state index is -1.05. The molecule has 0 saturated carbocycles. The van der Waals surface area contributed by atoms with E-state index in [9.17, 15) is 19.8 Å². The van der Waals surface area contributed by atoms with E-state index < -0.39 is 11.9 Å². The van der Waals surface area contributed by atoms with Crippen LogP contribution in [0, 0.1) is 0 Å². The first-order valence-corrected chi connectivity index (χ1v) is 12.9. The van der Waals surface area contributed by atoms with Crippen molar-refractivity contribution < 1.29 is 71.2 Å². The molecule has 0 fully saturated rings. The second kappa shape index (κ2) is 12.0. The molecular formula is C32H18Cl2KN2O4+. The molecule has 9 heteroatoms. The Hall–Kier alpha value is -3.14. The number of hydrogen-bond acceptors (Lipinski definition) is 4. The number of nitrogens with zero attached hydrogens (tertiary/aromatic N) is 2. The van der Waals surface area contributed by atoms with Crippen molar-refractivity contribution in [1.82, 2.24) is 9.97 Å². The van der Waals surface area contributed by atoms with E-state index in [2.05, 4.69) is 9.97 Å². The number of halogens is 2. The van der Waals surface area contributed by atoms with Crippen LogP contribution in [-0.4, -0.2) is 32.1 Å². The minimum Gasteiger partial charge on any atom is -0.478 e. The third kappa shape index (κ3) is 5.94. The quantitative estimate of drug-likeness (QED) is 0.253. The molecule has 41 heavy (non-hydrogen) atoms. The molecule has 6 rings (SSSR count). The Morgan fingerprint density at radius 3 is 1.20 bits per heavy atom. The molecule has 0 saturated heterocycles. The second-order valence-electron chi connectivity index (χ2n) is 9.20. The Kier molecular flexibility index (Phi) is 8.59. The monoisotopic (exact) mass is 603 g/mol. The van der Waals surface area contributed by atoms with Crippen molar-refractivity contribution in [2.45, 2.75) is 0 Å². The van der Waals surface area contributed by atoms with Crippen molar-refractivity contribution in [2.75, 3.05) is 0 Å². The average Bonchev–Trinajstić information content (AvgIpc) is 2.96. The zero-order valence-corrected chi connectivity index (χ0v) is 26.2. The molecule has 0 aliphatic heterocycles. The molecule has 0 spiro atoms. The number of benzene rings is 4. The van der Waals surface area contributed by atoms with Gasteiger partial charge in [-0.05, 0) is 59.7 Å². The summed E-state index contributed by atoms with van der Waals surface area (Å²) in [6, 6.07) is 28.5. The summed E-state index contributed by atoms with van der Waals surface area (Å²) in [6.45, 7) is 0. The van der Waals surface area contributed by atoms with E-state index in [0.29, 0.717) is 43.2 Å². The molecule has 0 aliphatic carbocycles. The van der Waals surface area contributed by atoms with Crippen molar-refractivity contribution in [3.63, 3.8) is 0 Å². The molecule has 0 unspecified atom stereocenters. The van der Waals surface area contributed by atoms with Gasteiger partial charge in [0.05, 0.1) is 33.5 Å². The fraction of sp³-hybridized carbons (Fsp3) is 0. The van der Waals surface area contributed by atoms with E-state index in [1.807, 2.05) is 48.5 Å². The van der Waals surface area contributed by atoms with Crippen LogP contribution in [0.15, 0.2) is 97.1 Å². The predicted molar refractivity (Wildman–Crippen MR) is 157 cm³/mol. The van der Waals surface area contributed by atoms with E-state index in [4.69, 9.17) is 23.2 Å². The summed E-state index contributed by atoms with van der Waals surface area (Å²) < 4.78 is 0. The number of carbonyl (C=O) groups is 2. The van der Waals surface area contributed by atoms with Gasteiger partial charge in [0.2, 0.25) is 0 Å². The van der Waals surface area contributed by atoms with E-state index in [-0.39, 0.29) is 62.5 Å². The summed E-state index contributed by atoms with van der Waals surface area (Å²) in [5.41, 5.74) is 5.94. The molecule has 2 aromatic heterocycles. The van der Waals surface area contributed by atoms with Crippen LogP contribution >= 0.6 is 23.2 Å². The second-order valence-corrected chi connectivity index (χ2v) is 10.1. The molecule has 6 nitrogen and oxygen atoms in total. The maximum atomic E-state index is 11.9. The van der Waals surface area contributed by atoms with Crippen molar-refractivity contribution in [1.29, 1.82) is 0 Å². The first-order chi connectivity index (χ1) is 19.3. The van der Waals surface area contributed by atoms with Crippen molar-refractivity contribution in [3.05, 3.63) is 118 Å². The zero-order valence-electron chi connectivity index (χ0n) is 21.6. The van der Waals surface area contributed by atoms with Crippen LogP contribution in [0.3, 0.4) is 0 Å². The SMILES string of the molecule is O=C(O)c1cc(-c2ccc(-c3ccc(-c4cc(C(=O)O)c5cc(Cl)ccc5n4)cc3)cc2)nc2ccc(Cl)cc12.[K+]. The molecular weight excluding hydrogens is 586 g/mol. The van der Waals surface area contributed by atoms with Crippen LogP contribution < -0.4 is 51.4 Å². The molecule has 0 atom stereocenters. The van der Waals surface area contributed by atoms with Gasteiger partial charge in [-0.2, -0.15) is 0 Å². The molecule has 4 aromatic carbocycles. The Balaban J connectivity index is 0.00000337. The van der Waals surface area contributed by atoms with Gasteiger partial charge in [-0.1, -0.05) is 71.7 Å². The number of rotatable bonds is 5. The van der Waals surface area contributed by atoms with Crippen LogP contribution in [0.4, 0.5) is 0 Å². The van der Waals surface area contributed by atoms with Gasteiger partial charge in [0.1, 0.15) is 0 Å². The first kappa shape index (κ1) is 29.4. The Morgan fingerprint density at radius 1 is 0.512 bits per heavy atom. The summed E-state index contributed by atoms with van der Waals surface area (Å²) in [7, 11) is 0. The molecule has 0 amide bonds. The number of carboxylic acids is 2. The number of carboxylic acid groups (broad SMARTS) is 2. The number of aromatic carboxylic acids is 2. The number of fused-ring (bicyclic) bond motifs is 2. The van der Waals surface area contributed by atoms with Crippen LogP contribution in [0.1, 0.15) is 20.7 Å². The summed E-state index contributed by atoms with van der Waals surface area (Å²) >= 11 is 12.1. The van der Waals surface area contributed by atoms with Gasteiger partial charge in [-0.3, -0.25) is 0 Å². The number of aromatic nitrogens is 2. The largest absolute Gasteiger partial charge is 1.00 e. The molecule has 0 aliphatic rings. The van der Waals surface area contributed by atoms with Crippen LogP contribution in [-0.2, 0) is 0 Å². The topological polar surface area (TPSA) is 100 Å². The van der Waals surface area contributed by atoms with Crippen molar-refractivity contribution in [2.24, 2.45) is 0 Å². The summed E-state index contributed by atoms with van der Waals surface area (Å²) in [6.07, 6.45) is 0. The Bertz CT molecular complexity index is 1830. The summed E-state index contributed by atoms with van der Waals surface area (Å²) in [5, 5.41) is 21.3.